The molecule has 4 heteroatoms. The van der Waals surface area contributed by atoms with Gasteiger partial charge in [0.1, 0.15) is 11.4 Å². The van der Waals surface area contributed by atoms with Crippen LogP contribution in [-0.2, 0) is 6.54 Å². The van der Waals surface area contributed by atoms with Gasteiger partial charge in [0.2, 0.25) is 0 Å². The minimum absolute atomic E-state index is 0.739. The Morgan fingerprint density at radius 1 is 1.15 bits per heavy atom. The average molecular weight is 267 g/mol. The number of aromatic nitrogens is 2. The number of hydrogen-bond donors (Lipinski definition) is 1. The highest BCUT2D eigenvalue weighted by atomic mass is 16.5. The molecule has 0 fully saturated rings. The van der Waals surface area contributed by atoms with Gasteiger partial charge in [-0.25, -0.2) is 4.98 Å². The highest BCUT2D eigenvalue weighted by Crippen LogP contribution is 2.17. The molecule has 0 spiro atoms. The number of methoxy groups -OCH3 is 1. The van der Waals surface area contributed by atoms with E-state index in [1.165, 1.54) is 5.69 Å². The number of benzene rings is 1. The lowest BCUT2D eigenvalue weighted by atomic mass is 10.3. The molecule has 3 aromatic rings. The number of nitrogens with zero attached hydrogens (tertiary/aromatic N) is 2. The number of pyridine rings is 1. The molecule has 0 atom stereocenters. The zero-order chi connectivity index (χ0) is 13.9. The zero-order valence-electron chi connectivity index (χ0n) is 11.6. The fourth-order valence-corrected chi connectivity index (χ4v) is 2.27. The lowest BCUT2D eigenvalue weighted by Crippen LogP contribution is -2.03. The summed E-state index contributed by atoms with van der Waals surface area (Å²) in [6.45, 7) is 2.78. The van der Waals surface area contributed by atoms with Gasteiger partial charge in [0.15, 0.2) is 0 Å². The van der Waals surface area contributed by atoms with Crippen LogP contribution in [0.4, 0.5) is 5.69 Å². The molecule has 0 saturated carbocycles. The van der Waals surface area contributed by atoms with Crippen LogP contribution in [0, 0.1) is 6.92 Å². The van der Waals surface area contributed by atoms with Crippen molar-refractivity contribution in [2.24, 2.45) is 0 Å². The van der Waals surface area contributed by atoms with Crippen LogP contribution in [0.3, 0.4) is 0 Å². The quantitative estimate of drug-likeness (QED) is 0.788. The van der Waals surface area contributed by atoms with Crippen molar-refractivity contribution in [1.29, 1.82) is 0 Å². The highest BCUT2D eigenvalue weighted by molar-refractivity contribution is 5.48. The Balaban J connectivity index is 1.80. The van der Waals surface area contributed by atoms with Crippen LogP contribution in [0.5, 0.6) is 5.75 Å². The molecule has 0 bridgehead atoms. The van der Waals surface area contributed by atoms with Crippen LogP contribution in [0.25, 0.3) is 5.65 Å². The first-order valence-electron chi connectivity index (χ1n) is 6.58. The number of aryl methyl sites for hydroxylation is 1. The summed E-state index contributed by atoms with van der Waals surface area (Å²) in [7, 11) is 1.67. The van der Waals surface area contributed by atoms with E-state index in [-0.39, 0.29) is 0 Å². The average Bonchev–Trinajstić information content (AvgIpc) is 2.81. The molecule has 4 nitrogen and oxygen atoms in total. The summed E-state index contributed by atoms with van der Waals surface area (Å²) in [4.78, 5) is 4.56. The predicted octanol–water partition coefficient (Wildman–Crippen LogP) is 3.26. The number of imidazole rings is 1. The first-order valence-corrected chi connectivity index (χ1v) is 6.58. The van der Waals surface area contributed by atoms with Gasteiger partial charge in [0.05, 0.1) is 25.0 Å². The Morgan fingerprint density at radius 2 is 1.95 bits per heavy atom. The highest BCUT2D eigenvalue weighted by Gasteiger charge is 2.07. The van der Waals surface area contributed by atoms with Crippen LogP contribution >= 0.6 is 0 Å². The predicted molar refractivity (Wildman–Crippen MR) is 80.2 cm³/mol. The third-order valence-electron chi connectivity index (χ3n) is 3.38. The first-order chi connectivity index (χ1) is 9.78. The van der Waals surface area contributed by atoms with Gasteiger partial charge in [-0.3, -0.25) is 0 Å². The number of nitrogens with one attached hydrogen (secondary N) is 1. The number of ether oxygens (including phenoxy) is 1. The molecule has 2 aromatic heterocycles. The van der Waals surface area contributed by atoms with Gasteiger partial charge in [-0.05, 0) is 43.3 Å². The van der Waals surface area contributed by atoms with Crippen LogP contribution in [0.1, 0.15) is 11.4 Å². The lowest BCUT2D eigenvalue weighted by molar-refractivity contribution is 0.415. The summed E-state index contributed by atoms with van der Waals surface area (Å²) in [6.07, 6.45) is 2.04. The summed E-state index contributed by atoms with van der Waals surface area (Å²) in [6, 6.07) is 14.0. The molecule has 20 heavy (non-hydrogen) atoms. The smallest absolute Gasteiger partial charge is 0.137 e. The second kappa shape index (κ2) is 5.25. The molecular weight excluding hydrogens is 250 g/mol. The molecule has 0 aliphatic heterocycles. The van der Waals surface area contributed by atoms with Crippen molar-refractivity contribution in [3.05, 3.63) is 60.0 Å². The summed E-state index contributed by atoms with van der Waals surface area (Å²) in [5, 5.41) is 3.41. The van der Waals surface area contributed by atoms with E-state index >= 15 is 0 Å². The Labute approximate surface area is 118 Å². The molecule has 1 N–H and O–H groups in total. The third kappa shape index (κ3) is 2.32. The van der Waals surface area contributed by atoms with E-state index in [9.17, 15) is 0 Å². The molecule has 0 radical (unpaired) electrons. The second-order valence-electron chi connectivity index (χ2n) is 4.65. The molecule has 0 aliphatic carbocycles. The van der Waals surface area contributed by atoms with E-state index in [4.69, 9.17) is 4.74 Å². The molecule has 102 valence electrons. The van der Waals surface area contributed by atoms with Crippen molar-refractivity contribution in [2.45, 2.75) is 13.5 Å². The van der Waals surface area contributed by atoms with Crippen molar-refractivity contribution in [3.63, 3.8) is 0 Å². The Hall–Kier alpha value is -2.49. The summed E-state index contributed by atoms with van der Waals surface area (Å²) in [5.74, 6) is 0.863. The van der Waals surface area contributed by atoms with E-state index in [0.29, 0.717) is 0 Å². The molecule has 3 rings (SSSR count). The minimum atomic E-state index is 0.739. The lowest BCUT2D eigenvalue weighted by Gasteiger charge is -2.08. The number of fused-ring (bicyclic) bond motifs is 1. The maximum Gasteiger partial charge on any atom is 0.137 e. The Kier molecular flexibility index (Phi) is 3.29. The molecule has 0 amide bonds. The molecule has 0 unspecified atom stereocenters. The zero-order valence-corrected chi connectivity index (χ0v) is 11.6. The van der Waals surface area contributed by atoms with E-state index in [1.807, 2.05) is 55.6 Å². The summed E-state index contributed by atoms with van der Waals surface area (Å²) >= 11 is 0. The summed E-state index contributed by atoms with van der Waals surface area (Å²) in [5.41, 5.74) is 4.28. The normalized spacial score (nSPS) is 10.7. The molecule has 0 aliphatic rings. The third-order valence-corrected chi connectivity index (χ3v) is 3.38. The van der Waals surface area contributed by atoms with Gasteiger partial charge in [-0.2, -0.15) is 0 Å². The minimum Gasteiger partial charge on any atom is -0.497 e. The number of rotatable bonds is 4. The standard InChI is InChI=1S/C16H17N3O/c1-12-15(19-10-4-3-5-16(19)18-12)11-17-13-6-8-14(20-2)9-7-13/h3-10,17H,11H2,1-2H3. The van der Waals surface area contributed by atoms with Gasteiger partial charge in [-0.1, -0.05) is 6.07 Å². The maximum atomic E-state index is 5.15. The van der Waals surface area contributed by atoms with Crippen molar-refractivity contribution in [1.82, 2.24) is 9.38 Å². The van der Waals surface area contributed by atoms with E-state index in [0.717, 1.165) is 29.3 Å². The van der Waals surface area contributed by atoms with Crippen LogP contribution in [-0.4, -0.2) is 16.5 Å². The first kappa shape index (κ1) is 12.5. The van der Waals surface area contributed by atoms with Gasteiger partial charge in [0, 0.05) is 11.9 Å². The SMILES string of the molecule is COc1ccc(NCc2c(C)nc3ccccn23)cc1. The second-order valence-corrected chi connectivity index (χ2v) is 4.65. The van der Waals surface area contributed by atoms with Crippen LogP contribution in [0.15, 0.2) is 48.7 Å². The monoisotopic (exact) mass is 267 g/mol. The number of anilines is 1. The van der Waals surface area contributed by atoms with Crippen LogP contribution < -0.4 is 10.1 Å². The van der Waals surface area contributed by atoms with Crippen molar-refractivity contribution in [2.75, 3.05) is 12.4 Å². The van der Waals surface area contributed by atoms with Gasteiger partial charge in [0.25, 0.3) is 0 Å². The van der Waals surface area contributed by atoms with Gasteiger partial charge >= 0.3 is 0 Å². The van der Waals surface area contributed by atoms with E-state index in [2.05, 4.69) is 14.7 Å². The Morgan fingerprint density at radius 3 is 2.70 bits per heavy atom. The van der Waals surface area contributed by atoms with Gasteiger partial charge in [-0.15, -0.1) is 0 Å². The van der Waals surface area contributed by atoms with Crippen molar-refractivity contribution in [3.8, 4) is 5.75 Å². The number of hydrogen-bond acceptors (Lipinski definition) is 3. The molecule has 1 aromatic carbocycles. The topological polar surface area (TPSA) is 38.6 Å². The van der Waals surface area contributed by atoms with Crippen molar-refractivity contribution >= 4 is 11.3 Å². The van der Waals surface area contributed by atoms with Crippen molar-refractivity contribution < 1.29 is 4.74 Å². The fraction of sp³-hybridized carbons (Fsp3) is 0.188. The van der Waals surface area contributed by atoms with Gasteiger partial charge < -0.3 is 14.5 Å². The van der Waals surface area contributed by atoms with E-state index < -0.39 is 0 Å². The Bertz CT molecular complexity index is 716. The molecule has 0 saturated heterocycles. The summed E-state index contributed by atoms with van der Waals surface area (Å²) < 4.78 is 7.27. The fourth-order valence-electron chi connectivity index (χ4n) is 2.27. The molecule has 2 heterocycles. The molecular formula is C16H17N3O. The van der Waals surface area contributed by atoms with E-state index in [1.54, 1.807) is 7.11 Å². The maximum absolute atomic E-state index is 5.15. The largest absolute Gasteiger partial charge is 0.497 e. The van der Waals surface area contributed by atoms with Crippen LogP contribution in [0.2, 0.25) is 0 Å².